The summed E-state index contributed by atoms with van der Waals surface area (Å²) in [6, 6.07) is 6.08. The largest absolute Gasteiger partial charge is 0.366 e. The lowest BCUT2D eigenvalue weighted by Crippen LogP contribution is -2.46. The molecule has 0 aliphatic carbocycles. The molecule has 0 spiro atoms. The Morgan fingerprint density at radius 2 is 1.92 bits per heavy atom. The summed E-state index contributed by atoms with van der Waals surface area (Å²) in [6.07, 6.45) is 4.63. The van der Waals surface area contributed by atoms with Gasteiger partial charge in [-0.15, -0.1) is 0 Å². The Labute approximate surface area is 142 Å². The van der Waals surface area contributed by atoms with Gasteiger partial charge >= 0.3 is 0 Å². The number of rotatable bonds is 4. The van der Waals surface area contributed by atoms with Crippen molar-refractivity contribution in [1.82, 2.24) is 4.90 Å². The van der Waals surface area contributed by atoms with E-state index in [1.165, 1.54) is 32.4 Å². The molecule has 3 rings (SSSR count). The predicted molar refractivity (Wildman–Crippen MR) is 93.7 cm³/mol. The monoisotopic (exact) mass is 331 g/mol. The molecule has 1 unspecified atom stereocenters. The van der Waals surface area contributed by atoms with Crippen molar-refractivity contribution < 1.29 is 9.72 Å². The maximum Gasteiger partial charge on any atom is 0.293 e. The van der Waals surface area contributed by atoms with Gasteiger partial charge in [0.2, 0.25) is 0 Å². The molecule has 0 N–H and O–H groups in total. The molecule has 2 fully saturated rings. The number of ketones is 1. The molecular formula is C18H25N3O3. The van der Waals surface area contributed by atoms with E-state index in [2.05, 4.69) is 16.7 Å². The average molecular weight is 331 g/mol. The summed E-state index contributed by atoms with van der Waals surface area (Å²) in [7, 11) is 0. The average Bonchev–Trinajstić information content (AvgIpc) is 3.00. The zero-order valence-corrected chi connectivity index (χ0v) is 14.4. The first-order chi connectivity index (χ1) is 11.5. The van der Waals surface area contributed by atoms with Crippen LogP contribution < -0.4 is 4.90 Å². The second-order valence-corrected chi connectivity index (χ2v) is 6.96. The summed E-state index contributed by atoms with van der Waals surface area (Å²) < 4.78 is 0. The van der Waals surface area contributed by atoms with E-state index in [0.29, 0.717) is 23.3 Å². The number of benzene rings is 1. The van der Waals surface area contributed by atoms with Gasteiger partial charge in [0.1, 0.15) is 5.69 Å². The zero-order valence-electron chi connectivity index (χ0n) is 14.4. The zero-order chi connectivity index (χ0) is 17.3. The van der Waals surface area contributed by atoms with Gasteiger partial charge in [-0.1, -0.05) is 0 Å². The van der Waals surface area contributed by atoms with E-state index in [1.807, 2.05) is 0 Å². The van der Waals surface area contributed by atoms with E-state index < -0.39 is 0 Å². The van der Waals surface area contributed by atoms with Gasteiger partial charge in [0.15, 0.2) is 5.78 Å². The Balaban J connectivity index is 1.74. The first kappa shape index (κ1) is 16.9. The summed E-state index contributed by atoms with van der Waals surface area (Å²) in [5, 5.41) is 11.4. The van der Waals surface area contributed by atoms with Gasteiger partial charge in [-0.05, 0) is 58.2 Å². The van der Waals surface area contributed by atoms with E-state index in [1.54, 1.807) is 12.1 Å². The number of nitro benzene ring substituents is 1. The molecule has 1 aromatic rings. The molecule has 2 aliphatic rings. The first-order valence-corrected chi connectivity index (χ1v) is 8.77. The number of hydrogen-bond donors (Lipinski definition) is 0. The van der Waals surface area contributed by atoms with Gasteiger partial charge in [0.25, 0.3) is 5.69 Å². The summed E-state index contributed by atoms with van der Waals surface area (Å²) in [6.45, 7) is 6.56. The molecule has 130 valence electrons. The molecule has 1 aromatic carbocycles. The highest BCUT2D eigenvalue weighted by Crippen LogP contribution is 2.33. The standard InChI is InChI=1S/C18H25N3O3/c1-13-4-3-9-20(13)16-7-10-19(11-8-16)17-6-5-15(14(2)22)12-18(17)21(23)24/h5-6,12-13,16H,3-4,7-11H2,1-2H3. The van der Waals surface area contributed by atoms with Crippen LogP contribution in [0.1, 0.15) is 49.9 Å². The molecule has 2 saturated heterocycles. The van der Waals surface area contributed by atoms with Gasteiger partial charge in [0.05, 0.1) is 4.92 Å². The maximum absolute atomic E-state index is 11.5. The third-order valence-corrected chi connectivity index (χ3v) is 5.46. The highest BCUT2D eigenvalue weighted by Gasteiger charge is 2.32. The third-order valence-electron chi connectivity index (χ3n) is 5.46. The quantitative estimate of drug-likeness (QED) is 0.481. The topological polar surface area (TPSA) is 66.7 Å². The van der Waals surface area contributed by atoms with Gasteiger partial charge < -0.3 is 4.90 Å². The SMILES string of the molecule is CC(=O)c1ccc(N2CCC(N3CCCC3C)CC2)c([N+](=O)[O-])c1. The smallest absolute Gasteiger partial charge is 0.293 e. The normalized spacial score (nSPS) is 22.8. The molecule has 24 heavy (non-hydrogen) atoms. The first-order valence-electron chi connectivity index (χ1n) is 8.77. The lowest BCUT2D eigenvalue weighted by Gasteiger charge is -2.39. The second kappa shape index (κ2) is 6.89. The van der Waals surface area contributed by atoms with Crippen molar-refractivity contribution in [3.63, 3.8) is 0 Å². The number of carbonyl (C=O) groups is 1. The van der Waals surface area contributed by atoms with Gasteiger partial charge in [-0.3, -0.25) is 19.8 Å². The van der Waals surface area contributed by atoms with Crippen molar-refractivity contribution in [3.8, 4) is 0 Å². The molecular weight excluding hydrogens is 306 g/mol. The summed E-state index contributed by atoms with van der Waals surface area (Å²) in [5.41, 5.74) is 1.07. The van der Waals surface area contributed by atoms with E-state index in [9.17, 15) is 14.9 Å². The molecule has 1 atom stereocenters. The Hall–Kier alpha value is -1.95. The van der Waals surface area contributed by atoms with Crippen LogP contribution in [0.3, 0.4) is 0 Å². The second-order valence-electron chi connectivity index (χ2n) is 6.96. The summed E-state index contributed by atoms with van der Waals surface area (Å²) >= 11 is 0. The highest BCUT2D eigenvalue weighted by atomic mass is 16.6. The van der Waals surface area contributed by atoms with Crippen LogP contribution >= 0.6 is 0 Å². The molecule has 2 aliphatic heterocycles. The number of carbonyl (C=O) groups excluding carboxylic acids is 1. The fourth-order valence-corrected chi connectivity index (χ4v) is 4.09. The predicted octanol–water partition coefficient (Wildman–Crippen LogP) is 3.25. The van der Waals surface area contributed by atoms with Crippen LogP contribution in [-0.2, 0) is 0 Å². The Bertz CT molecular complexity index is 638. The van der Waals surface area contributed by atoms with Crippen molar-refractivity contribution >= 4 is 17.2 Å². The molecule has 2 heterocycles. The minimum atomic E-state index is -0.379. The van der Waals surface area contributed by atoms with Gasteiger partial charge in [-0.25, -0.2) is 0 Å². The van der Waals surface area contributed by atoms with E-state index in [-0.39, 0.29) is 16.4 Å². The van der Waals surface area contributed by atoms with Gasteiger partial charge in [0, 0.05) is 36.8 Å². The highest BCUT2D eigenvalue weighted by molar-refractivity contribution is 5.95. The lowest BCUT2D eigenvalue weighted by atomic mass is 10.0. The van der Waals surface area contributed by atoms with E-state index in [4.69, 9.17) is 0 Å². The minimum Gasteiger partial charge on any atom is -0.366 e. The van der Waals surface area contributed by atoms with Crippen LogP contribution in [-0.4, -0.2) is 47.3 Å². The lowest BCUT2D eigenvalue weighted by molar-refractivity contribution is -0.384. The molecule has 0 saturated carbocycles. The summed E-state index contributed by atoms with van der Waals surface area (Å²) in [4.78, 5) is 27.2. The van der Waals surface area contributed by atoms with Crippen molar-refractivity contribution in [1.29, 1.82) is 0 Å². The number of piperidine rings is 1. The molecule has 6 nitrogen and oxygen atoms in total. The van der Waals surface area contributed by atoms with E-state index in [0.717, 1.165) is 25.9 Å². The van der Waals surface area contributed by atoms with Crippen molar-refractivity contribution in [3.05, 3.63) is 33.9 Å². The Kier molecular flexibility index (Phi) is 4.85. The van der Waals surface area contributed by atoms with Crippen LogP contribution in [0.15, 0.2) is 18.2 Å². The molecule has 0 aromatic heterocycles. The van der Waals surface area contributed by atoms with Gasteiger partial charge in [-0.2, -0.15) is 0 Å². The number of likely N-dealkylation sites (tertiary alicyclic amines) is 1. The molecule has 0 amide bonds. The third kappa shape index (κ3) is 3.29. The number of nitro groups is 1. The number of Topliss-reactive ketones (excluding diaryl/α,β-unsaturated/α-hetero) is 1. The fraction of sp³-hybridized carbons (Fsp3) is 0.611. The number of nitrogens with zero attached hydrogens (tertiary/aromatic N) is 3. The number of anilines is 1. The number of hydrogen-bond acceptors (Lipinski definition) is 5. The van der Waals surface area contributed by atoms with Crippen LogP contribution in [0.5, 0.6) is 0 Å². The minimum absolute atomic E-state index is 0.0377. The Morgan fingerprint density at radius 3 is 2.46 bits per heavy atom. The van der Waals surface area contributed by atoms with Crippen molar-refractivity contribution in [2.75, 3.05) is 24.5 Å². The Morgan fingerprint density at radius 1 is 1.21 bits per heavy atom. The van der Waals surface area contributed by atoms with Crippen molar-refractivity contribution in [2.24, 2.45) is 0 Å². The maximum atomic E-state index is 11.5. The van der Waals surface area contributed by atoms with Crippen molar-refractivity contribution in [2.45, 2.75) is 51.6 Å². The van der Waals surface area contributed by atoms with Crippen LogP contribution in [0.2, 0.25) is 0 Å². The fourth-order valence-electron chi connectivity index (χ4n) is 4.09. The van der Waals surface area contributed by atoms with E-state index >= 15 is 0 Å². The molecule has 0 radical (unpaired) electrons. The van der Waals surface area contributed by atoms with Crippen LogP contribution in [0.4, 0.5) is 11.4 Å². The van der Waals surface area contributed by atoms with Crippen LogP contribution in [0.25, 0.3) is 0 Å². The molecule has 0 bridgehead atoms. The molecule has 6 heteroatoms. The van der Waals surface area contributed by atoms with Crippen LogP contribution in [0, 0.1) is 10.1 Å². The summed E-state index contributed by atoms with van der Waals surface area (Å²) in [5.74, 6) is -0.147.